The minimum absolute atomic E-state index is 0.0254. The van der Waals surface area contributed by atoms with Crippen LogP contribution in [0.2, 0.25) is 0 Å². The molecule has 0 aliphatic carbocycles. The highest BCUT2D eigenvalue weighted by Crippen LogP contribution is 2.14. The van der Waals surface area contributed by atoms with Gasteiger partial charge in [-0.2, -0.15) is 0 Å². The summed E-state index contributed by atoms with van der Waals surface area (Å²) in [6.45, 7) is 12.9. The Bertz CT molecular complexity index is 1010. The van der Waals surface area contributed by atoms with Crippen LogP contribution >= 0.6 is 0 Å². The zero-order valence-electron chi connectivity index (χ0n) is 24.6. The third-order valence-corrected chi connectivity index (χ3v) is 5.42. The number of unbranched alkanes of at least 4 members (excludes halogenated alkanes) is 1. The summed E-state index contributed by atoms with van der Waals surface area (Å²) in [5.74, 6) is -1.42. The number of rotatable bonds is 15. The molecule has 0 aliphatic heterocycles. The molecule has 0 spiro atoms. The molecule has 2 atom stereocenters. The Balaban J connectivity index is 2.58. The average Bonchev–Trinajstić information content (AvgIpc) is 2.81. The van der Waals surface area contributed by atoms with Crippen LogP contribution < -0.4 is 16.0 Å². The van der Waals surface area contributed by atoms with Gasteiger partial charge in [0.15, 0.2) is 5.78 Å². The second kappa shape index (κ2) is 15.9. The number of carbonyl (C=O) groups is 4. The summed E-state index contributed by atoms with van der Waals surface area (Å²) in [6, 6.07) is 3.72. The van der Waals surface area contributed by atoms with Gasteiger partial charge in [0.25, 0.3) is 5.69 Å². The molecule has 12 nitrogen and oxygen atoms in total. The van der Waals surface area contributed by atoms with Gasteiger partial charge in [-0.05, 0) is 86.3 Å². The maximum Gasteiger partial charge on any atom is 0.329 e. The molecule has 0 aromatic heterocycles. The first-order valence-electron chi connectivity index (χ1n) is 13.4. The number of urea groups is 1. The number of nitrogens with one attached hydrogen (secondary N) is 3. The fraction of sp³-hybridized carbons (Fsp3) is 0.643. The fourth-order valence-electron chi connectivity index (χ4n) is 3.58. The minimum Gasteiger partial charge on any atom is -0.460 e. The van der Waals surface area contributed by atoms with Gasteiger partial charge < -0.3 is 25.4 Å². The summed E-state index contributed by atoms with van der Waals surface area (Å²) in [5.41, 5.74) is -0.528. The highest BCUT2D eigenvalue weighted by atomic mass is 16.6. The number of amides is 2. The lowest BCUT2D eigenvalue weighted by Gasteiger charge is -2.26. The molecule has 1 aromatic carbocycles. The molecule has 2 amide bonds. The molecular formula is C28H44N4O8. The molecule has 3 N–H and O–H groups in total. The molecule has 0 aliphatic rings. The van der Waals surface area contributed by atoms with Crippen molar-refractivity contribution in [2.24, 2.45) is 0 Å². The summed E-state index contributed by atoms with van der Waals surface area (Å²) in [5, 5.41) is 19.2. The number of hydrogen-bond donors (Lipinski definition) is 3. The van der Waals surface area contributed by atoms with E-state index in [9.17, 15) is 29.3 Å². The van der Waals surface area contributed by atoms with Gasteiger partial charge in [-0.15, -0.1) is 0 Å². The maximum absolute atomic E-state index is 12.7. The van der Waals surface area contributed by atoms with E-state index in [-0.39, 0.29) is 24.3 Å². The Morgan fingerprint density at radius 1 is 0.875 bits per heavy atom. The van der Waals surface area contributed by atoms with E-state index in [0.717, 1.165) is 12.0 Å². The van der Waals surface area contributed by atoms with Crippen LogP contribution in [0.1, 0.15) is 86.1 Å². The van der Waals surface area contributed by atoms with E-state index in [1.807, 2.05) is 0 Å². The van der Waals surface area contributed by atoms with Gasteiger partial charge in [0.05, 0.1) is 11.0 Å². The van der Waals surface area contributed by atoms with Crippen LogP contribution in [0.15, 0.2) is 24.3 Å². The van der Waals surface area contributed by atoms with Crippen molar-refractivity contribution in [1.29, 1.82) is 0 Å². The molecule has 40 heavy (non-hydrogen) atoms. The van der Waals surface area contributed by atoms with Crippen molar-refractivity contribution in [3.63, 3.8) is 0 Å². The molecule has 0 fully saturated rings. The Labute approximate surface area is 236 Å². The largest absolute Gasteiger partial charge is 0.460 e. The normalized spacial score (nSPS) is 13.1. The van der Waals surface area contributed by atoms with Crippen molar-refractivity contribution < 1.29 is 33.6 Å². The van der Waals surface area contributed by atoms with Crippen LogP contribution in [0.4, 0.5) is 10.5 Å². The van der Waals surface area contributed by atoms with Gasteiger partial charge in [-0.25, -0.2) is 9.59 Å². The number of carbonyl (C=O) groups excluding carboxylic acids is 4. The lowest BCUT2D eigenvalue weighted by Crippen LogP contribution is -2.52. The molecule has 0 bridgehead atoms. The van der Waals surface area contributed by atoms with Gasteiger partial charge in [-0.1, -0.05) is 12.1 Å². The number of Topliss-reactive ketones (excluding diaryl/α,β-unsaturated/α-hetero) is 1. The average molecular weight is 565 g/mol. The minimum atomic E-state index is -1.11. The topological polar surface area (TPSA) is 166 Å². The third-order valence-electron chi connectivity index (χ3n) is 5.42. The number of hydrogen-bond acceptors (Lipinski definition) is 9. The SMILES string of the molecule is CC(=O)C(CCCCNCc1ccc([N+](=O)[O-])cc1)NC(=O)NC(CCC(=O)OC(C)(C)C)C(=O)OC(C)(C)C. The van der Waals surface area contributed by atoms with Crippen molar-refractivity contribution in [2.45, 2.75) is 110 Å². The third kappa shape index (κ3) is 15.2. The summed E-state index contributed by atoms with van der Waals surface area (Å²) in [7, 11) is 0. The van der Waals surface area contributed by atoms with Gasteiger partial charge in [0.2, 0.25) is 0 Å². The zero-order valence-corrected chi connectivity index (χ0v) is 24.6. The molecule has 12 heteroatoms. The van der Waals surface area contributed by atoms with Crippen LogP contribution in [0.25, 0.3) is 0 Å². The van der Waals surface area contributed by atoms with Gasteiger partial charge in [0, 0.05) is 25.1 Å². The lowest BCUT2D eigenvalue weighted by atomic mass is 10.1. The van der Waals surface area contributed by atoms with Gasteiger partial charge in [-0.3, -0.25) is 19.7 Å². The fourth-order valence-corrected chi connectivity index (χ4v) is 3.58. The molecule has 2 unspecified atom stereocenters. The molecule has 0 radical (unpaired) electrons. The quantitative estimate of drug-likeness (QED) is 0.124. The van der Waals surface area contributed by atoms with E-state index in [1.54, 1.807) is 53.7 Å². The Hall–Kier alpha value is -3.54. The van der Waals surface area contributed by atoms with Crippen LogP contribution in [0.3, 0.4) is 0 Å². The molecule has 0 saturated heterocycles. The Morgan fingerprint density at radius 2 is 1.45 bits per heavy atom. The second-order valence-electron chi connectivity index (χ2n) is 11.6. The van der Waals surface area contributed by atoms with Crippen molar-refractivity contribution in [3.05, 3.63) is 39.9 Å². The van der Waals surface area contributed by atoms with Crippen LogP contribution in [-0.4, -0.2) is 58.5 Å². The standard InChI is InChI=1S/C28H44N4O8/c1-19(33)22(10-8-9-17-29-18-20-11-13-21(14-12-20)32(37)38)30-26(36)31-23(25(35)40-28(5,6)7)15-16-24(34)39-27(2,3)4/h11-14,22-23,29H,8-10,15-18H2,1-7H3,(H2,30,31,36). The highest BCUT2D eigenvalue weighted by Gasteiger charge is 2.29. The summed E-state index contributed by atoms with van der Waals surface area (Å²) in [4.78, 5) is 60.0. The first-order chi connectivity index (χ1) is 18.5. The summed E-state index contributed by atoms with van der Waals surface area (Å²) < 4.78 is 10.7. The molecular weight excluding hydrogens is 520 g/mol. The molecule has 0 heterocycles. The van der Waals surface area contributed by atoms with Gasteiger partial charge in [0.1, 0.15) is 17.2 Å². The first kappa shape index (κ1) is 34.5. The number of nitro benzene ring substituents is 1. The molecule has 224 valence electrons. The predicted octanol–water partition coefficient (Wildman–Crippen LogP) is 3.94. The Kier molecular flexibility index (Phi) is 13.7. The maximum atomic E-state index is 12.7. The molecule has 1 rings (SSSR count). The highest BCUT2D eigenvalue weighted by molar-refractivity contribution is 5.89. The number of non-ortho nitro benzene ring substituents is 1. The van der Waals surface area contributed by atoms with Crippen molar-refractivity contribution in [3.8, 4) is 0 Å². The van der Waals surface area contributed by atoms with E-state index < -0.39 is 46.2 Å². The Morgan fingerprint density at radius 3 is 1.98 bits per heavy atom. The number of ketones is 1. The van der Waals surface area contributed by atoms with Crippen LogP contribution in [0.5, 0.6) is 0 Å². The number of nitrogens with zero attached hydrogens (tertiary/aromatic N) is 1. The van der Waals surface area contributed by atoms with Crippen molar-refractivity contribution >= 4 is 29.4 Å². The van der Waals surface area contributed by atoms with Crippen LogP contribution in [-0.2, 0) is 30.4 Å². The predicted molar refractivity (Wildman–Crippen MR) is 150 cm³/mol. The van der Waals surface area contributed by atoms with E-state index in [0.29, 0.717) is 25.9 Å². The summed E-state index contributed by atoms with van der Waals surface area (Å²) in [6.07, 6.45) is 1.65. The lowest BCUT2D eigenvalue weighted by molar-refractivity contribution is -0.384. The van der Waals surface area contributed by atoms with E-state index in [2.05, 4.69) is 16.0 Å². The van der Waals surface area contributed by atoms with E-state index in [1.165, 1.54) is 19.1 Å². The van der Waals surface area contributed by atoms with Crippen LogP contribution in [0, 0.1) is 10.1 Å². The number of benzene rings is 1. The van der Waals surface area contributed by atoms with E-state index in [4.69, 9.17) is 9.47 Å². The monoisotopic (exact) mass is 564 g/mol. The first-order valence-corrected chi connectivity index (χ1v) is 13.4. The van der Waals surface area contributed by atoms with Gasteiger partial charge >= 0.3 is 18.0 Å². The van der Waals surface area contributed by atoms with E-state index >= 15 is 0 Å². The number of ether oxygens (including phenoxy) is 2. The zero-order chi connectivity index (χ0) is 30.5. The van der Waals surface area contributed by atoms with Crippen molar-refractivity contribution in [1.82, 2.24) is 16.0 Å². The number of nitro groups is 1. The molecule has 0 saturated carbocycles. The second-order valence-corrected chi connectivity index (χ2v) is 11.6. The summed E-state index contributed by atoms with van der Waals surface area (Å²) >= 11 is 0. The molecule has 1 aromatic rings. The smallest absolute Gasteiger partial charge is 0.329 e. The van der Waals surface area contributed by atoms with Crippen molar-refractivity contribution in [2.75, 3.05) is 6.54 Å². The number of esters is 2.